The van der Waals surface area contributed by atoms with E-state index in [9.17, 15) is 4.79 Å². The van der Waals surface area contributed by atoms with E-state index in [1.54, 1.807) is 0 Å². The molecule has 1 N–H and O–H groups in total. The van der Waals surface area contributed by atoms with Crippen molar-refractivity contribution < 1.29 is 9.90 Å². The fraction of sp³-hybridized carbons (Fsp3) is 0.759. The maximum Gasteiger partial charge on any atom is 0.303 e. The third-order valence-electron chi connectivity index (χ3n) is 5.78. The minimum absolute atomic E-state index is 0.331. The lowest BCUT2D eigenvalue weighted by molar-refractivity contribution is -0.137. The van der Waals surface area contributed by atoms with Crippen LogP contribution in [0.2, 0.25) is 0 Å². The Kier molecular flexibility index (Phi) is 25.6. The Bertz CT molecular complexity index is 448. The van der Waals surface area contributed by atoms with E-state index in [0.29, 0.717) is 6.42 Å². The van der Waals surface area contributed by atoms with Crippen molar-refractivity contribution in [3.8, 4) is 0 Å². The fourth-order valence-electron chi connectivity index (χ4n) is 3.77. The minimum atomic E-state index is -0.662. The lowest BCUT2D eigenvalue weighted by Gasteiger charge is -2.00. The number of hydrogen-bond acceptors (Lipinski definition) is 1. The molecule has 0 aromatic carbocycles. The quantitative estimate of drug-likeness (QED) is 0.122. The van der Waals surface area contributed by atoms with E-state index in [1.807, 2.05) is 0 Å². The van der Waals surface area contributed by atoms with Crippen molar-refractivity contribution in [3.63, 3.8) is 0 Å². The summed E-state index contributed by atoms with van der Waals surface area (Å²) >= 11 is 0. The number of carbonyl (C=O) groups is 1. The Morgan fingerprint density at radius 2 is 0.871 bits per heavy atom. The molecule has 0 aliphatic carbocycles. The van der Waals surface area contributed by atoms with Crippen molar-refractivity contribution in [1.29, 1.82) is 0 Å². The molecule has 0 bridgehead atoms. The van der Waals surface area contributed by atoms with E-state index in [2.05, 4.69) is 43.4 Å². The highest BCUT2D eigenvalue weighted by molar-refractivity contribution is 5.66. The van der Waals surface area contributed by atoms with Gasteiger partial charge < -0.3 is 5.11 Å². The molecule has 0 aliphatic heterocycles. The second-order valence-corrected chi connectivity index (χ2v) is 8.91. The van der Waals surface area contributed by atoms with Gasteiger partial charge in [0.2, 0.25) is 0 Å². The van der Waals surface area contributed by atoms with E-state index in [1.165, 1.54) is 103 Å². The molecule has 2 nitrogen and oxygen atoms in total. The number of unbranched alkanes of at least 4 members (excludes halogenated alkanes) is 16. The monoisotopic (exact) mass is 432 g/mol. The summed E-state index contributed by atoms with van der Waals surface area (Å²) in [5.41, 5.74) is 0. The standard InChI is InChI=1S/C29H52O2/c1-2-3-4-5-6-7-8-9-10-11-12-13-14-15-16-17-18-19-20-21-22-23-24-25-26-27-28-29(30)31/h11-12,14-15,17-18H,2-10,13,16,19-28H2,1H3,(H,30,31). The maximum atomic E-state index is 10.4. The molecule has 0 atom stereocenters. The summed E-state index contributed by atoms with van der Waals surface area (Å²) in [6.45, 7) is 2.28. The van der Waals surface area contributed by atoms with Crippen LogP contribution in [0.25, 0.3) is 0 Å². The van der Waals surface area contributed by atoms with E-state index in [4.69, 9.17) is 5.11 Å². The average Bonchev–Trinajstić information content (AvgIpc) is 2.76. The molecule has 0 fully saturated rings. The van der Waals surface area contributed by atoms with E-state index < -0.39 is 5.97 Å². The SMILES string of the molecule is CCCCCCCCCCC=CCC=CCC=CCCCCCCCCCCC(=O)O. The normalized spacial score (nSPS) is 12.0. The fourth-order valence-corrected chi connectivity index (χ4v) is 3.77. The lowest BCUT2D eigenvalue weighted by Crippen LogP contribution is -1.93. The Balaban J connectivity index is 3.25. The zero-order valence-corrected chi connectivity index (χ0v) is 20.7. The van der Waals surface area contributed by atoms with Gasteiger partial charge in [0, 0.05) is 6.42 Å². The summed E-state index contributed by atoms with van der Waals surface area (Å²) in [5, 5.41) is 8.59. The summed E-state index contributed by atoms with van der Waals surface area (Å²) in [7, 11) is 0. The summed E-state index contributed by atoms with van der Waals surface area (Å²) in [4.78, 5) is 10.4. The van der Waals surface area contributed by atoms with Gasteiger partial charge in [-0.05, 0) is 44.9 Å². The van der Waals surface area contributed by atoms with Crippen molar-refractivity contribution in [2.24, 2.45) is 0 Å². The molecular formula is C29H52O2. The number of allylic oxidation sites excluding steroid dienone is 6. The molecular weight excluding hydrogens is 380 g/mol. The molecule has 0 rings (SSSR count). The molecule has 0 spiro atoms. The molecule has 0 saturated carbocycles. The van der Waals surface area contributed by atoms with Crippen molar-refractivity contribution in [2.45, 2.75) is 142 Å². The third-order valence-corrected chi connectivity index (χ3v) is 5.78. The van der Waals surface area contributed by atoms with Crippen LogP contribution in [0.4, 0.5) is 0 Å². The minimum Gasteiger partial charge on any atom is -0.481 e. The smallest absolute Gasteiger partial charge is 0.303 e. The molecule has 0 saturated heterocycles. The highest BCUT2D eigenvalue weighted by atomic mass is 16.4. The largest absolute Gasteiger partial charge is 0.481 e. The molecule has 0 heterocycles. The van der Waals surface area contributed by atoms with Gasteiger partial charge in [0.05, 0.1) is 0 Å². The van der Waals surface area contributed by atoms with Crippen LogP contribution in [-0.4, -0.2) is 11.1 Å². The third kappa shape index (κ3) is 28.7. The number of rotatable bonds is 24. The van der Waals surface area contributed by atoms with Crippen molar-refractivity contribution in [1.82, 2.24) is 0 Å². The van der Waals surface area contributed by atoms with Crippen molar-refractivity contribution in [2.75, 3.05) is 0 Å². The van der Waals surface area contributed by atoms with Crippen LogP contribution < -0.4 is 0 Å². The first-order valence-corrected chi connectivity index (χ1v) is 13.4. The van der Waals surface area contributed by atoms with Gasteiger partial charge in [0.25, 0.3) is 0 Å². The van der Waals surface area contributed by atoms with Gasteiger partial charge in [0.15, 0.2) is 0 Å². The predicted molar refractivity (Wildman–Crippen MR) is 138 cm³/mol. The zero-order valence-electron chi connectivity index (χ0n) is 20.7. The Morgan fingerprint density at radius 1 is 0.516 bits per heavy atom. The van der Waals surface area contributed by atoms with Gasteiger partial charge in [-0.2, -0.15) is 0 Å². The van der Waals surface area contributed by atoms with Crippen LogP contribution in [0.1, 0.15) is 142 Å². The summed E-state index contributed by atoms with van der Waals surface area (Å²) in [6.07, 6.45) is 39.5. The number of aliphatic carboxylic acids is 1. The van der Waals surface area contributed by atoms with Gasteiger partial charge in [-0.25, -0.2) is 0 Å². The molecule has 31 heavy (non-hydrogen) atoms. The topological polar surface area (TPSA) is 37.3 Å². The highest BCUT2D eigenvalue weighted by Crippen LogP contribution is 2.11. The van der Waals surface area contributed by atoms with Crippen molar-refractivity contribution >= 4 is 5.97 Å². The second-order valence-electron chi connectivity index (χ2n) is 8.91. The first kappa shape index (κ1) is 29.7. The molecule has 0 aliphatic rings. The molecule has 2 heteroatoms. The summed E-state index contributed by atoms with van der Waals surface area (Å²) in [5.74, 6) is -0.662. The van der Waals surface area contributed by atoms with Crippen LogP contribution in [-0.2, 0) is 4.79 Å². The van der Waals surface area contributed by atoms with Gasteiger partial charge >= 0.3 is 5.97 Å². The lowest BCUT2D eigenvalue weighted by atomic mass is 10.1. The number of carboxylic acids is 1. The Labute approximate surface area is 194 Å². The van der Waals surface area contributed by atoms with Crippen molar-refractivity contribution in [3.05, 3.63) is 36.5 Å². The Morgan fingerprint density at radius 3 is 1.29 bits per heavy atom. The molecule has 0 unspecified atom stereocenters. The van der Waals surface area contributed by atoms with Crippen LogP contribution in [0.15, 0.2) is 36.5 Å². The molecule has 0 aromatic heterocycles. The molecule has 0 radical (unpaired) electrons. The van der Waals surface area contributed by atoms with E-state index in [0.717, 1.165) is 25.7 Å². The van der Waals surface area contributed by atoms with E-state index in [-0.39, 0.29) is 0 Å². The highest BCUT2D eigenvalue weighted by Gasteiger charge is 1.96. The summed E-state index contributed by atoms with van der Waals surface area (Å²) < 4.78 is 0. The van der Waals surface area contributed by atoms with Crippen LogP contribution in [0.3, 0.4) is 0 Å². The first-order valence-electron chi connectivity index (χ1n) is 13.4. The predicted octanol–water partition coefficient (Wildman–Crippen LogP) is 9.95. The van der Waals surface area contributed by atoms with Crippen LogP contribution >= 0.6 is 0 Å². The van der Waals surface area contributed by atoms with E-state index >= 15 is 0 Å². The van der Waals surface area contributed by atoms with Gasteiger partial charge in [0.1, 0.15) is 0 Å². The first-order chi connectivity index (χ1) is 15.3. The Hall–Kier alpha value is -1.31. The average molecular weight is 433 g/mol. The number of hydrogen-bond donors (Lipinski definition) is 1. The van der Waals surface area contributed by atoms with Gasteiger partial charge in [-0.1, -0.05) is 127 Å². The van der Waals surface area contributed by atoms with Gasteiger partial charge in [-0.15, -0.1) is 0 Å². The second kappa shape index (κ2) is 26.7. The summed E-state index contributed by atoms with van der Waals surface area (Å²) in [6, 6.07) is 0. The van der Waals surface area contributed by atoms with Crippen LogP contribution in [0.5, 0.6) is 0 Å². The molecule has 0 aromatic rings. The number of carboxylic acid groups (broad SMARTS) is 1. The van der Waals surface area contributed by atoms with Gasteiger partial charge in [-0.3, -0.25) is 4.79 Å². The van der Waals surface area contributed by atoms with Crippen LogP contribution in [0, 0.1) is 0 Å². The maximum absolute atomic E-state index is 10.4. The zero-order chi connectivity index (χ0) is 22.7. The molecule has 0 amide bonds. The molecule has 180 valence electrons.